The Morgan fingerprint density at radius 3 is 2.58 bits per heavy atom. The van der Waals surface area contributed by atoms with Crippen molar-refractivity contribution < 1.29 is 9.53 Å². The highest BCUT2D eigenvalue weighted by Crippen LogP contribution is 2.37. The first-order valence-electron chi connectivity index (χ1n) is 10.7. The second-order valence-electron chi connectivity index (χ2n) is 7.42. The predicted octanol–water partition coefficient (Wildman–Crippen LogP) is 5.15. The molecule has 4 aromatic rings. The highest BCUT2D eigenvalue weighted by molar-refractivity contribution is 8.00. The number of nitrogens with one attached hydrogen (secondary N) is 1. The van der Waals surface area contributed by atoms with Gasteiger partial charge in [0.05, 0.1) is 18.0 Å². The number of aromatic nitrogens is 4. The van der Waals surface area contributed by atoms with Gasteiger partial charge >= 0.3 is 0 Å². The van der Waals surface area contributed by atoms with E-state index < -0.39 is 5.25 Å². The summed E-state index contributed by atoms with van der Waals surface area (Å²) in [4.78, 5) is 13.5. The maximum Gasteiger partial charge on any atom is 0.242 e. The summed E-state index contributed by atoms with van der Waals surface area (Å²) in [5.41, 5.74) is 4.59. The lowest BCUT2D eigenvalue weighted by Crippen LogP contribution is -2.20. The molecule has 1 atom stereocenters. The number of amides is 1. The number of hydrogen-bond acceptors (Lipinski definition) is 6. The number of thioether (sulfide) groups is 1. The number of carbonyl (C=O) groups is 1. The van der Waals surface area contributed by atoms with E-state index in [1.165, 1.54) is 11.8 Å². The van der Waals surface area contributed by atoms with Crippen LogP contribution in [0, 0.1) is 13.8 Å². The first kappa shape index (κ1) is 22.5. The van der Waals surface area contributed by atoms with Crippen molar-refractivity contribution in [3.05, 3.63) is 89.5 Å². The van der Waals surface area contributed by atoms with E-state index in [2.05, 4.69) is 20.8 Å². The van der Waals surface area contributed by atoms with E-state index in [0.29, 0.717) is 23.2 Å². The zero-order valence-corrected chi connectivity index (χ0v) is 19.5. The lowest BCUT2D eigenvalue weighted by atomic mass is 10.1. The summed E-state index contributed by atoms with van der Waals surface area (Å²) >= 11 is 1.31. The number of tetrazole rings is 1. The molecule has 0 aliphatic heterocycles. The van der Waals surface area contributed by atoms with Crippen molar-refractivity contribution in [2.75, 3.05) is 11.9 Å². The Hall–Kier alpha value is -3.65. The zero-order valence-electron chi connectivity index (χ0n) is 18.7. The molecule has 0 fully saturated rings. The van der Waals surface area contributed by atoms with Crippen LogP contribution in [-0.4, -0.2) is 32.7 Å². The molecule has 8 heteroatoms. The van der Waals surface area contributed by atoms with Crippen molar-refractivity contribution in [2.24, 2.45) is 0 Å². The maximum absolute atomic E-state index is 13.5. The van der Waals surface area contributed by atoms with Gasteiger partial charge < -0.3 is 10.1 Å². The molecule has 3 aromatic carbocycles. The Kier molecular flexibility index (Phi) is 7.04. The molecule has 1 unspecified atom stereocenters. The molecule has 1 heterocycles. The minimum absolute atomic E-state index is 0.186. The third-order valence-corrected chi connectivity index (χ3v) is 6.44. The second kappa shape index (κ2) is 10.3. The van der Waals surface area contributed by atoms with Gasteiger partial charge in [0.15, 0.2) is 0 Å². The van der Waals surface area contributed by atoms with E-state index >= 15 is 0 Å². The van der Waals surface area contributed by atoms with E-state index in [-0.39, 0.29) is 5.91 Å². The van der Waals surface area contributed by atoms with Crippen molar-refractivity contribution in [3.63, 3.8) is 0 Å². The van der Waals surface area contributed by atoms with E-state index in [9.17, 15) is 4.79 Å². The number of anilines is 1. The van der Waals surface area contributed by atoms with Crippen LogP contribution in [0.4, 0.5) is 5.69 Å². The average molecular weight is 460 g/mol. The monoisotopic (exact) mass is 459 g/mol. The third-order valence-electron chi connectivity index (χ3n) is 5.25. The van der Waals surface area contributed by atoms with Gasteiger partial charge in [-0.05, 0) is 66.1 Å². The minimum Gasteiger partial charge on any atom is -0.492 e. The van der Waals surface area contributed by atoms with Crippen LogP contribution < -0.4 is 10.1 Å². The van der Waals surface area contributed by atoms with Crippen LogP contribution in [0.2, 0.25) is 0 Å². The van der Waals surface area contributed by atoms with Gasteiger partial charge in [0, 0.05) is 0 Å². The zero-order chi connectivity index (χ0) is 23.2. The lowest BCUT2D eigenvalue weighted by Gasteiger charge is -2.18. The van der Waals surface area contributed by atoms with Gasteiger partial charge in [-0.25, -0.2) is 0 Å². The number of carbonyl (C=O) groups excluding carboxylic acids is 1. The topological polar surface area (TPSA) is 81.9 Å². The number of ether oxygens (including phenoxy) is 1. The highest BCUT2D eigenvalue weighted by Gasteiger charge is 2.26. The summed E-state index contributed by atoms with van der Waals surface area (Å²) < 4.78 is 7.36. The Morgan fingerprint density at radius 1 is 1.03 bits per heavy atom. The molecule has 0 aliphatic rings. The van der Waals surface area contributed by atoms with Crippen LogP contribution in [-0.2, 0) is 4.79 Å². The molecule has 1 aromatic heterocycles. The fraction of sp³-hybridized carbons (Fsp3) is 0.200. The second-order valence-corrected chi connectivity index (χ2v) is 8.49. The molecule has 0 saturated carbocycles. The molecule has 168 valence electrons. The van der Waals surface area contributed by atoms with E-state index in [1.54, 1.807) is 4.68 Å². The Balaban J connectivity index is 1.67. The first-order valence-corrected chi connectivity index (χ1v) is 11.6. The SMILES string of the molecule is CCOc1ccccc1NC(=O)C(Sc1nnnn1-c1cccc(C)c1C)c1ccccc1. The van der Waals surface area contributed by atoms with E-state index in [1.807, 2.05) is 93.6 Å². The quantitative estimate of drug-likeness (QED) is 0.367. The highest BCUT2D eigenvalue weighted by atomic mass is 32.2. The summed E-state index contributed by atoms with van der Waals surface area (Å²) in [6.45, 7) is 6.50. The predicted molar refractivity (Wildman–Crippen MR) is 130 cm³/mol. The maximum atomic E-state index is 13.5. The molecule has 1 N–H and O–H groups in total. The average Bonchev–Trinajstić information content (AvgIpc) is 3.29. The van der Waals surface area contributed by atoms with Crippen molar-refractivity contribution in [3.8, 4) is 11.4 Å². The van der Waals surface area contributed by atoms with E-state index in [4.69, 9.17) is 4.74 Å². The summed E-state index contributed by atoms with van der Waals surface area (Å²) in [5, 5.41) is 15.3. The van der Waals surface area contributed by atoms with Crippen molar-refractivity contribution in [1.82, 2.24) is 20.2 Å². The molecular formula is C25H25N5O2S. The third kappa shape index (κ3) is 5.06. The van der Waals surface area contributed by atoms with Crippen LogP contribution >= 0.6 is 11.8 Å². The van der Waals surface area contributed by atoms with Crippen LogP contribution in [0.3, 0.4) is 0 Å². The van der Waals surface area contributed by atoms with Gasteiger partial charge in [-0.3, -0.25) is 4.79 Å². The Bertz CT molecular complexity index is 1240. The summed E-state index contributed by atoms with van der Waals surface area (Å²) in [5.74, 6) is 0.444. The van der Waals surface area contributed by atoms with Crippen molar-refractivity contribution in [2.45, 2.75) is 31.2 Å². The van der Waals surface area contributed by atoms with Gasteiger partial charge in [0.2, 0.25) is 11.1 Å². The number of benzene rings is 3. The molecule has 7 nitrogen and oxygen atoms in total. The van der Waals surface area contributed by atoms with Crippen molar-refractivity contribution in [1.29, 1.82) is 0 Å². The van der Waals surface area contributed by atoms with Crippen LogP contribution in [0.1, 0.15) is 28.9 Å². The minimum atomic E-state index is -0.573. The number of rotatable bonds is 8. The first-order chi connectivity index (χ1) is 16.1. The largest absolute Gasteiger partial charge is 0.492 e. The van der Waals surface area contributed by atoms with Gasteiger partial charge in [-0.1, -0.05) is 66.4 Å². The molecule has 0 spiro atoms. The number of nitrogens with zero attached hydrogens (tertiary/aromatic N) is 4. The smallest absolute Gasteiger partial charge is 0.242 e. The van der Waals surface area contributed by atoms with Gasteiger partial charge in [0.1, 0.15) is 11.0 Å². The molecule has 33 heavy (non-hydrogen) atoms. The summed E-state index contributed by atoms with van der Waals surface area (Å²) in [7, 11) is 0. The normalized spacial score (nSPS) is 11.7. The molecular weight excluding hydrogens is 434 g/mol. The lowest BCUT2D eigenvalue weighted by molar-refractivity contribution is -0.115. The number of aryl methyl sites for hydroxylation is 1. The summed E-state index contributed by atoms with van der Waals surface area (Å²) in [6, 6.07) is 23.0. The van der Waals surface area contributed by atoms with Crippen LogP contribution in [0.25, 0.3) is 5.69 Å². The Morgan fingerprint density at radius 2 is 1.79 bits per heavy atom. The van der Waals surface area contributed by atoms with Crippen LogP contribution in [0.15, 0.2) is 78.0 Å². The van der Waals surface area contributed by atoms with Gasteiger partial charge in [0.25, 0.3) is 0 Å². The fourth-order valence-corrected chi connectivity index (χ4v) is 4.41. The molecule has 0 bridgehead atoms. The number of para-hydroxylation sites is 2. The van der Waals surface area contributed by atoms with Crippen LogP contribution in [0.5, 0.6) is 5.75 Å². The van der Waals surface area contributed by atoms with Gasteiger partial charge in [-0.15, -0.1) is 5.10 Å². The van der Waals surface area contributed by atoms with Crippen molar-refractivity contribution >= 4 is 23.4 Å². The molecule has 0 aliphatic carbocycles. The summed E-state index contributed by atoms with van der Waals surface area (Å²) in [6.07, 6.45) is 0. The fourth-order valence-electron chi connectivity index (χ4n) is 3.42. The number of hydrogen-bond donors (Lipinski definition) is 1. The van der Waals surface area contributed by atoms with Gasteiger partial charge in [-0.2, -0.15) is 4.68 Å². The standard InChI is InChI=1S/C25H25N5O2S/c1-4-32-22-16-9-8-14-20(22)26-24(31)23(19-12-6-5-7-13-19)33-25-27-28-29-30(25)21-15-10-11-17(2)18(21)3/h5-16,23H,4H2,1-3H3,(H,26,31). The Labute approximate surface area is 197 Å². The molecule has 1 amide bonds. The molecule has 4 rings (SSSR count). The molecule has 0 radical (unpaired) electrons. The van der Waals surface area contributed by atoms with E-state index in [0.717, 1.165) is 22.4 Å². The molecule has 0 saturated heterocycles.